The zero-order valence-electron chi connectivity index (χ0n) is 11.6. The van der Waals surface area contributed by atoms with Crippen LogP contribution in [-0.4, -0.2) is 25.5 Å². The van der Waals surface area contributed by atoms with E-state index in [1.165, 1.54) is 19.3 Å². The van der Waals surface area contributed by atoms with Crippen LogP contribution in [0.25, 0.3) is 0 Å². The Hall–Kier alpha value is -1.71. The number of carbonyl (C=O) groups excluding carboxylic acids is 1. The predicted octanol–water partition coefficient (Wildman–Crippen LogP) is 2.40. The number of nitrogens with zero attached hydrogens (tertiary/aromatic N) is 1. The van der Waals surface area contributed by atoms with Gasteiger partial charge in [-0.3, -0.25) is 4.79 Å². The van der Waals surface area contributed by atoms with Crippen LogP contribution in [0.1, 0.15) is 43.0 Å². The molecule has 0 unspecified atom stereocenters. The molecule has 0 aromatic heterocycles. The minimum Gasteiger partial charge on any atom is -0.399 e. The highest BCUT2D eigenvalue weighted by atomic mass is 16.1. The lowest BCUT2D eigenvalue weighted by atomic mass is 10.1. The molecule has 1 fully saturated rings. The zero-order chi connectivity index (χ0) is 13.7. The molecule has 0 saturated carbocycles. The number of benzene rings is 1. The third-order valence-electron chi connectivity index (χ3n) is 3.50. The summed E-state index contributed by atoms with van der Waals surface area (Å²) in [5.41, 5.74) is 8.19. The van der Waals surface area contributed by atoms with Crippen molar-refractivity contribution in [2.24, 2.45) is 0 Å². The van der Waals surface area contributed by atoms with Gasteiger partial charge in [0.05, 0.1) is 5.56 Å². The molecule has 1 aliphatic heterocycles. The van der Waals surface area contributed by atoms with Crippen molar-refractivity contribution in [1.82, 2.24) is 5.32 Å². The Morgan fingerprint density at radius 3 is 2.74 bits per heavy atom. The van der Waals surface area contributed by atoms with Crippen LogP contribution in [0.5, 0.6) is 0 Å². The van der Waals surface area contributed by atoms with Crippen LogP contribution < -0.4 is 16.0 Å². The Labute approximate surface area is 115 Å². The maximum absolute atomic E-state index is 12.2. The molecule has 0 spiro atoms. The molecule has 104 valence electrons. The minimum absolute atomic E-state index is 0.0188. The van der Waals surface area contributed by atoms with Gasteiger partial charge in [-0.05, 0) is 43.9 Å². The van der Waals surface area contributed by atoms with Crippen LogP contribution in [-0.2, 0) is 0 Å². The van der Waals surface area contributed by atoms with E-state index in [1.807, 2.05) is 19.1 Å². The largest absolute Gasteiger partial charge is 0.399 e. The summed E-state index contributed by atoms with van der Waals surface area (Å²) in [5, 5.41) is 2.93. The number of nitrogen functional groups attached to an aromatic ring is 1. The standard InChI is InChI=1S/C15H23N3O/c1-2-8-17-15(19)13-11-12(16)6-7-14(13)18-9-4-3-5-10-18/h6-7,11H,2-5,8-10,16H2,1H3,(H,17,19). The molecule has 1 aromatic carbocycles. The number of carbonyl (C=O) groups is 1. The monoisotopic (exact) mass is 261 g/mol. The van der Waals surface area contributed by atoms with Gasteiger partial charge in [0.1, 0.15) is 0 Å². The van der Waals surface area contributed by atoms with Crippen molar-refractivity contribution in [3.63, 3.8) is 0 Å². The Morgan fingerprint density at radius 2 is 2.05 bits per heavy atom. The lowest BCUT2D eigenvalue weighted by Crippen LogP contribution is -2.33. The van der Waals surface area contributed by atoms with Gasteiger partial charge in [0.2, 0.25) is 0 Å². The number of piperidine rings is 1. The van der Waals surface area contributed by atoms with Crippen molar-refractivity contribution in [3.8, 4) is 0 Å². The van der Waals surface area contributed by atoms with Crippen LogP contribution in [0, 0.1) is 0 Å². The molecule has 0 radical (unpaired) electrons. The molecule has 0 aliphatic carbocycles. The third kappa shape index (κ3) is 3.40. The predicted molar refractivity (Wildman–Crippen MR) is 79.5 cm³/mol. The molecule has 1 amide bonds. The molecule has 2 rings (SSSR count). The van der Waals surface area contributed by atoms with E-state index < -0.39 is 0 Å². The molecule has 0 bridgehead atoms. The van der Waals surface area contributed by atoms with Gasteiger partial charge in [0, 0.05) is 31.0 Å². The summed E-state index contributed by atoms with van der Waals surface area (Å²) < 4.78 is 0. The van der Waals surface area contributed by atoms with Crippen molar-refractivity contribution in [1.29, 1.82) is 0 Å². The Balaban J connectivity index is 2.23. The second-order valence-electron chi connectivity index (χ2n) is 5.08. The van der Waals surface area contributed by atoms with Crippen molar-refractivity contribution in [3.05, 3.63) is 23.8 Å². The van der Waals surface area contributed by atoms with Crippen LogP contribution in [0.4, 0.5) is 11.4 Å². The summed E-state index contributed by atoms with van der Waals surface area (Å²) in [6, 6.07) is 5.64. The van der Waals surface area contributed by atoms with Crippen LogP contribution in [0.15, 0.2) is 18.2 Å². The van der Waals surface area contributed by atoms with Crippen molar-refractivity contribution in [2.45, 2.75) is 32.6 Å². The maximum atomic E-state index is 12.2. The molecular weight excluding hydrogens is 238 g/mol. The lowest BCUT2D eigenvalue weighted by molar-refractivity contribution is 0.0954. The van der Waals surface area contributed by atoms with Gasteiger partial charge in [-0.2, -0.15) is 0 Å². The summed E-state index contributed by atoms with van der Waals surface area (Å²) in [6.45, 7) is 4.80. The molecule has 19 heavy (non-hydrogen) atoms. The van der Waals surface area contributed by atoms with E-state index in [-0.39, 0.29) is 5.91 Å². The van der Waals surface area contributed by atoms with Gasteiger partial charge in [-0.1, -0.05) is 6.92 Å². The summed E-state index contributed by atoms with van der Waals surface area (Å²) in [5.74, 6) is -0.0188. The fourth-order valence-electron chi connectivity index (χ4n) is 2.48. The molecule has 1 aliphatic rings. The second kappa shape index (κ2) is 6.45. The van der Waals surface area contributed by atoms with E-state index in [0.29, 0.717) is 17.8 Å². The Kier molecular flexibility index (Phi) is 4.66. The van der Waals surface area contributed by atoms with Crippen LogP contribution in [0.3, 0.4) is 0 Å². The highest BCUT2D eigenvalue weighted by Crippen LogP contribution is 2.26. The second-order valence-corrected chi connectivity index (χ2v) is 5.08. The highest BCUT2D eigenvalue weighted by Gasteiger charge is 2.18. The smallest absolute Gasteiger partial charge is 0.253 e. The van der Waals surface area contributed by atoms with Crippen LogP contribution in [0.2, 0.25) is 0 Å². The summed E-state index contributed by atoms with van der Waals surface area (Å²) in [4.78, 5) is 14.5. The van der Waals surface area contributed by atoms with Gasteiger partial charge in [-0.15, -0.1) is 0 Å². The zero-order valence-corrected chi connectivity index (χ0v) is 11.6. The first-order valence-electron chi connectivity index (χ1n) is 7.15. The fraction of sp³-hybridized carbons (Fsp3) is 0.533. The average Bonchev–Trinajstić information content (AvgIpc) is 2.45. The third-order valence-corrected chi connectivity index (χ3v) is 3.50. The summed E-state index contributed by atoms with van der Waals surface area (Å²) in [6.07, 6.45) is 4.61. The van der Waals surface area contributed by atoms with E-state index in [9.17, 15) is 4.79 Å². The molecule has 0 atom stereocenters. The van der Waals surface area contributed by atoms with Crippen molar-refractivity contribution >= 4 is 17.3 Å². The number of nitrogens with two attached hydrogens (primary N) is 1. The van der Waals surface area contributed by atoms with E-state index >= 15 is 0 Å². The molecule has 3 N–H and O–H groups in total. The number of hydrogen-bond acceptors (Lipinski definition) is 3. The van der Waals surface area contributed by atoms with Crippen LogP contribution >= 0.6 is 0 Å². The number of amides is 1. The number of hydrogen-bond donors (Lipinski definition) is 2. The van der Waals surface area contributed by atoms with Crippen molar-refractivity contribution < 1.29 is 4.79 Å². The van der Waals surface area contributed by atoms with Gasteiger partial charge >= 0.3 is 0 Å². The molecular formula is C15H23N3O. The van der Waals surface area contributed by atoms with E-state index in [2.05, 4.69) is 10.2 Å². The first-order chi connectivity index (χ1) is 9.22. The molecule has 4 heteroatoms. The van der Waals surface area contributed by atoms with E-state index in [0.717, 1.165) is 25.2 Å². The van der Waals surface area contributed by atoms with Gasteiger partial charge < -0.3 is 16.0 Å². The topological polar surface area (TPSA) is 58.4 Å². The van der Waals surface area contributed by atoms with Gasteiger partial charge in [0.25, 0.3) is 5.91 Å². The normalized spacial score (nSPS) is 15.3. The summed E-state index contributed by atoms with van der Waals surface area (Å²) >= 11 is 0. The maximum Gasteiger partial charge on any atom is 0.253 e. The Morgan fingerprint density at radius 1 is 1.32 bits per heavy atom. The van der Waals surface area contributed by atoms with Gasteiger partial charge in [0.15, 0.2) is 0 Å². The average molecular weight is 261 g/mol. The minimum atomic E-state index is -0.0188. The molecule has 1 saturated heterocycles. The first kappa shape index (κ1) is 13.7. The Bertz CT molecular complexity index is 439. The number of anilines is 2. The van der Waals surface area contributed by atoms with E-state index in [1.54, 1.807) is 6.07 Å². The molecule has 4 nitrogen and oxygen atoms in total. The molecule has 1 aromatic rings. The number of nitrogens with one attached hydrogen (secondary N) is 1. The lowest BCUT2D eigenvalue weighted by Gasteiger charge is -2.30. The summed E-state index contributed by atoms with van der Waals surface area (Å²) in [7, 11) is 0. The number of rotatable bonds is 4. The SMILES string of the molecule is CCCNC(=O)c1cc(N)ccc1N1CCCCC1. The van der Waals surface area contributed by atoms with E-state index in [4.69, 9.17) is 5.73 Å². The molecule has 1 heterocycles. The highest BCUT2D eigenvalue weighted by molar-refractivity contribution is 6.00. The fourth-order valence-corrected chi connectivity index (χ4v) is 2.48. The quantitative estimate of drug-likeness (QED) is 0.818. The first-order valence-corrected chi connectivity index (χ1v) is 7.15. The van der Waals surface area contributed by atoms with Crippen molar-refractivity contribution in [2.75, 3.05) is 30.3 Å². The van der Waals surface area contributed by atoms with Gasteiger partial charge in [-0.25, -0.2) is 0 Å².